The normalized spacial score (nSPS) is 15.2. The summed E-state index contributed by atoms with van der Waals surface area (Å²) >= 11 is 1.32. The number of benzene rings is 2. The lowest BCUT2D eigenvalue weighted by molar-refractivity contribution is -0.113. The van der Waals surface area contributed by atoms with Crippen molar-refractivity contribution in [3.63, 3.8) is 0 Å². The van der Waals surface area contributed by atoms with Crippen LogP contribution in [0.25, 0.3) is 0 Å². The molecule has 1 amide bonds. The summed E-state index contributed by atoms with van der Waals surface area (Å²) in [6, 6.07) is 16.6. The van der Waals surface area contributed by atoms with Crippen LogP contribution in [0, 0.1) is 0 Å². The van der Waals surface area contributed by atoms with Gasteiger partial charge in [0.25, 0.3) is 0 Å². The summed E-state index contributed by atoms with van der Waals surface area (Å²) in [6.45, 7) is 3.79. The molecule has 1 aromatic heterocycles. The van der Waals surface area contributed by atoms with E-state index in [0.717, 1.165) is 30.7 Å². The Morgan fingerprint density at radius 1 is 1.08 bits per heavy atom. The first-order valence-electron chi connectivity index (χ1n) is 12.5. The highest BCUT2D eigenvalue weighted by atomic mass is 32.2. The highest BCUT2D eigenvalue weighted by Crippen LogP contribution is 2.27. The number of hydrogen-bond donors (Lipinski definition) is 1. The number of aromatic nitrogens is 3. The van der Waals surface area contributed by atoms with Gasteiger partial charge in [0.2, 0.25) is 15.9 Å². The molecule has 9 nitrogen and oxygen atoms in total. The van der Waals surface area contributed by atoms with E-state index in [0.29, 0.717) is 30.5 Å². The van der Waals surface area contributed by atoms with Gasteiger partial charge in [0.1, 0.15) is 0 Å². The average molecular weight is 543 g/mol. The van der Waals surface area contributed by atoms with Crippen molar-refractivity contribution in [2.45, 2.75) is 48.8 Å². The van der Waals surface area contributed by atoms with E-state index in [9.17, 15) is 13.2 Å². The molecule has 1 unspecified atom stereocenters. The van der Waals surface area contributed by atoms with Crippen LogP contribution in [0.5, 0.6) is 0 Å². The lowest BCUT2D eigenvalue weighted by Crippen LogP contribution is -2.28. The number of amides is 1. The fourth-order valence-corrected chi connectivity index (χ4v) is 6.79. The van der Waals surface area contributed by atoms with Gasteiger partial charge in [-0.05, 0) is 57.1 Å². The van der Waals surface area contributed by atoms with Crippen LogP contribution in [-0.2, 0) is 21.4 Å². The molecule has 1 atom stereocenters. The highest BCUT2D eigenvalue weighted by molar-refractivity contribution is 7.99. The Balaban J connectivity index is 1.47. The van der Waals surface area contributed by atoms with Crippen LogP contribution in [0.3, 0.4) is 0 Å². The third kappa shape index (κ3) is 6.59. The smallest absolute Gasteiger partial charge is 0.243 e. The summed E-state index contributed by atoms with van der Waals surface area (Å²) < 4.78 is 29.3. The Morgan fingerprint density at radius 2 is 1.81 bits per heavy atom. The van der Waals surface area contributed by atoms with Gasteiger partial charge in [-0.3, -0.25) is 9.69 Å². The van der Waals surface area contributed by atoms with Crippen LogP contribution in [0.4, 0.5) is 5.69 Å². The Labute approximate surface area is 223 Å². The molecule has 0 aliphatic carbocycles. The van der Waals surface area contributed by atoms with Crippen LogP contribution >= 0.6 is 11.8 Å². The van der Waals surface area contributed by atoms with E-state index < -0.39 is 10.0 Å². The number of anilines is 1. The lowest BCUT2D eigenvalue weighted by Gasteiger charge is -2.23. The first kappa shape index (κ1) is 27.3. The monoisotopic (exact) mass is 542 g/mol. The van der Waals surface area contributed by atoms with E-state index in [1.165, 1.54) is 22.1 Å². The van der Waals surface area contributed by atoms with Gasteiger partial charge in [-0.25, -0.2) is 8.42 Å². The molecule has 37 heavy (non-hydrogen) atoms. The molecule has 11 heteroatoms. The van der Waals surface area contributed by atoms with Crippen molar-refractivity contribution in [2.75, 3.05) is 38.3 Å². The van der Waals surface area contributed by atoms with Crippen LogP contribution in [0.1, 0.15) is 43.6 Å². The minimum atomic E-state index is -3.55. The van der Waals surface area contributed by atoms with Crippen LogP contribution in [-0.4, -0.2) is 71.2 Å². The van der Waals surface area contributed by atoms with Gasteiger partial charge < -0.3 is 9.88 Å². The molecule has 4 rings (SSSR count). The van der Waals surface area contributed by atoms with Crippen molar-refractivity contribution in [2.24, 2.45) is 0 Å². The van der Waals surface area contributed by atoms with Gasteiger partial charge in [-0.1, -0.05) is 55.1 Å². The predicted molar refractivity (Wildman–Crippen MR) is 146 cm³/mol. The Morgan fingerprint density at radius 3 is 2.49 bits per heavy atom. The lowest BCUT2D eigenvalue weighted by atomic mass is 10.2. The molecular weight excluding hydrogens is 508 g/mol. The fraction of sp³-hybridized carbons (Fsp3) is 0.423. The zero-order chi connectivity index (χ0) is 26.4. The summed E-state index contributed by atoms with van der Waals surface area (Å²) in [6.07, 6.45) is 2.62. The second-order valence-corrected chi connectivity index (χ2v) is 12.2. The van der Waals surface area contributed by atoms with Crippen molar-refractivity contribution < 1.29 is 13.2 Å². The summed E-state index contributed by atoms with van der Waals surface area (Å²) in [5.74, 6) is 0.740. The average Bonchev–Trinajstić information content (AvgIpc) is 3.56. The zero-order valence-corrected chi connectivity index (χ0v) is 23.1. The fourth-order valence-electron chi connectivity index (χ4n) is 4.49. The van der Waals surface area contributed by atoms with Crippen LogP contribution < -0.4 is 5.32 Å². The first-order chi connectivity index (χ1) is 17.8. The van der Waals surface area contributed by atoms with Crippen molar-refractivity contribution in [3.8, 4) is 0 Å². The molecule has 0 radical (unpaired) electrons. The number of nitrogens with zero attached hydrogens (tertiary/aromatic N) is 5. The van der Waals surface area contributed by atoms with Crippen molar-refractivity contribution in [3.05, 3.63) is 66.0 Å². The van der Waals surface area contributed by atoms with Crippen molar-refractivity contribution in [1.29, 1.82) is 0 Å². The number of rotatable bonds is 11. The zero-order valence-electron chi connectivity index (χ0n) is 21.5. The predicted octanol–water partition coefficient (Wildman–Crippen LogP) is 3.85. The van der Waals surface area contributed by atoms with Crippen molar-refractivity contribution >= 4 is 33.4 Å². The molecule has 0 spiro atoms. The van der Waals surface area contributed by atoms with E-state index in [2.05, 4.69) is 44.0 Å². The van der Waals surface area contributed by atoms with E-state index in [1.54, 1.807) is 18.2 Å². The van der Waals surface area contributed by atoms with E-state index in [4.69, 9.17) is 0 Å². The van der Waals surface area contributed by atoms with E-state index >= 15 is 0 Å². The number of carbonyl (C=O) groups is 1. The van der Waals surface area contributed by atoms with Gasteiger partial charge in [0, 0.05) is 18.8 Å². The number of thioether (sulfide) groups is 1. The summed E-state index contributed by atoms with van der Waals surface area (Å²) in [7, 11) is 0.492. The minimum Gasteiger partial charge on any atom is -0.325 e. The molecule has 1 saturated heterocycles. The Bertz CT molecular complexity index is 1300. The van der Waals surface area contributed by atoms with Gasteiger partial charge in [0.05, 0.1) is 23.2 Å². The van der Waals surface area contributed by atoms with Gasteiger partial charge >= 0.3 is 0 Å². The number of nitrogens with one attached hydrogen (secondary N) is 1. The number of carbonyl (C=O) groups excluding carboxylic acids is 1. The summed E-state index contributed by atoms with van der Waals surface area (Å²) in [5.41, 5.74) is 1.58. The van der Waals surface area contributed by atoms with Gasteiger partial charge in [-0.15, -0.1) is 10.2 Å². The second kappa shape index (κ2) is 12.2. The van der Waals surface area contributed by atoms with Gasteiger partial charge in [-0.2, -0.15) is 4.31 Å². The Kier molecular flexibility index (Phi) is 9.01. The Hall–Kier alpha value is -2.73. The van der Waals surface area contributed by atoms with E-state index in [1.807, 2.05) is 32.3 Å². The van der Waals surface area contributed by atoms with Crippen LogP contribution in [0.2, 0.25) is 0 Å². The molecule has 198 valence electrons. The molecule has 1 aliphatic rings. The third-order valence-corrected chi connectivity index (χ3v) is 9.25. The summed E-state index contributed by atoms with van der Waals surface area (Å²) in [4.78, 5) is 15.1. The molecule has 3 aromatic rings. The molecule has 0 saturated carbocycles. The largest absolute Gasteiger partial charge is 0.325 e. The first-order valence-corrected chi connectivity index (χ1v) is 14.9. The van der Waals surface area contributed by atoms with Crippen LogP contribution in [0.15, 0.2) is 64.6 Å². The molecule has 2 aromatic carbocycles. The maximum Gasteiger partial charge on any atom is 0.243 e. The molecule has 1 aliphatic heterocycles. The standard InChI is InChI=1S/C26H34N6O3S2/c1-4-23(30(2)3)25-28-29-26(32(25)18-20-11-6-5-7-12-20)36-19-24(33)27-21-13-10-14-22(17-21)37(34,35)31-15-8-9-16-31/h5-7,10-14,17,23H,4,8-9,15-16,18-19H2,1-3H3,(H,27,33). The molecule has 1 fully saturated rings. The van der Waals surface area contributed by atoms with E-state index in [-0.39, 0.29) is 22.6 Å². The SMILES string of the molecule is CCC(c1nnc(SCC(=O)Nc2cccc(S(=O)(=O)N3CCCC3)c2)n1Cc1ccccc1)N(C)C. The quantitative estimate of drug-likeness (QED) is 0.367. The molecule has 2 heterocycles. The highest BCUT2D eigenvalue weighted by Gasteiger charge is 2.27. The maximum atomic E-state index is 12.9. The number of hydrogen-bond acceptors (Lipinski definition) is 7. The van der Waals surface area contributed by atoms with Gasteiger partial charge in [0.15, 0.2) is 11.0 Å². The second-order valence-electron chi connectivity index (χ2n) is 9.28. The maximum absolute atomic E-state index is 12.9. The summed E-state index contributed by atoms with van der Waals surface area (Å²) in [5, 5.41) is 12.4. The molecule has 1 N–H and O–H groups in total. The molecular formula is C26H34N6O3S2. The van der Waals surface area contributed by atoms with Crippen molar-refractivity contribution in [1.82, 2.24) is 24.0 Å². The topological polar surface area (TPSA) is 100 Å². The molecule has 0 bridgehead atoms. The number of sulfonamides is 1. The third-order valence-electron chi connectivity index (χ3n) is 6.39. The minimum absolute atomic E-state index is 0.0969.